The van der Waals surface area contributed by atoms with Gasteiger partial charge in [0.15, 0.2) is 17.4 Å². The third-order valence-electron chi connectivity index (χ3n) is 10.4. The first kappa shape index (κ1) is 33.6. The number of nitrogens with one attached hydrogen (secondary N) is 1. The molecule has 2 saturated heterocycles. The van der Waals surface area contributed by atoms with Crippen molar-refractivity contribution < 1.29 is 23.1 Å². The fourth-order valence-electron chi connectivity index (χ4n) is 7.76. The third kappa shape index (κ3) is 6.55. The van der Waals surface area contributed by atoms with Crippen molar-refractivity contribution in [1.29, 1.82) is 0 Å². The maximum Gasteiger partial charge on any atom is 0.270 e. The van der Waals surface area contributed by atoms with Crippen LogP contribution < -0.4 is 9.64 Å². The number of likely N-dealkylation sites (tertiary alicyclic amines) is 1. The minimum atomic E-state index is -0.479. The summed E-state index contributed by atoms with van der Waals surface area (Å²) in [5.74, 6) is 0.311. The highest BCUT2D eigenvalue weighted by atomic mass is 19.1. The van der Waals surface area contributed by atoms with Crippen molar-refractivity contribution in [2.45, 2.75) is 38.6 Å². The van der Waals surface area contributed by atoms with Crippen LogP contribution in [0.1, 0.15) is 53.7 Å². The number of aromatic nitrogens is 5. The number of likely N-dealkylation sites (N-methyl/N-ethyl adjacent to an activating group) is 1. The second-order valence-corrected chi connectivity index (χ2v) is 13.5. The molecule has 1 N–H and O–H groups in total. The number of rotatable bonds is 9. The maximum atomic E-state index is 16.7. The van der Waals surface area contributed by atoms with Crippen molar-refractivity contribution in [1.82, 2.24) is 39.7 Å². The Balaban J connectivity index is 1.16. The van der Waals surface area contributed by atoms with Crippen molar-refractivity contribution in [3.8, 4) is 5.75 Å². The lowest BCUT2D eigenvalue weighted by Crippen LogP contribution is -2.49. The van der Waals surface area contributed by atoms with Gasteiger partial charge in [-0.3, -0.25) is 14.3 Å². The zero-order valence-electron chi connectivity index (χ0n) is 28.7. The average Bonchev–Trinajstić information content (AvgIpc) is 3.91. The van der Waals surface area contributed by atoms with Crippen LogP contribution >= 0.6 is 0 Å². The van der Waals surface area contributed by atoms with Gasteiger partial charge in [-0.05, 0) is 42.7 Å². The lowest BCUT2D eigenvalue weighted by molar-refractivity contribution is -0.131. The van der Waals surface area contributed by atoms with Gasteiger partial charge in [0.25, 0.3) is 5.91 Å². The van der Waals surface area contributed by atoms with Crippen LogP contribution in [-0.4, -0.2) is 118 Å². The summed E-state index contributed by atoms with van der Waals surface area (Å²) >= 11 is 0. The molecule has 0 bridgehead atoms. The molecule has 14 heteroatoms. The van der Waals surface area contributed by atoms with Gasteiger partial charge in [-0.15, -0.1) is 5.10 Å². The van der Waals surface area contributed by atoms with E-state index >= 15 is 4.39 Å². The normalized spacial score (nSPS) is 20.1. The molecule has 2 fully saturated rings. The lowest BCUT2D eigenvalue weighted by Gasteiger charge is -2.35. The summed E-state index contributed by atoms with van der Waals surface area (Å²) in [5.41, 5.74) is 2.93. The maximum absolute atomic E-state index is 16.7. The van der Waals surface area contributed by atoms with E-state index in [1.165, 1.54) is 13.2 Å². The second kappa shape index (κ2) is 14.2. The highest BCUT2D eigenvalue weighted by Crippen LogP contribution is 2.41. The van der Waals surface area contributed by atoms with E-state index in [4.69, 9.17) is 4.74 Å². The minimum absolute atomic E-state index is 0.0159. The molecule has 3 aromatic heterocycles. The van der Waals surface area contributed by atoms with E-state index in [1.807, 2.05) is 23.1 Å². The van der Waals surface area contributed by atoms with E-state index in [0.29, 0.717) is 86.5 Å². The van der Waals surface area contributed by atoms with Crippen LogP contribution in [0.5, 0.6) is 5.75 Å². The number of amides is 2. The number of H-pyrrole nitrogens is 1. The van der Waals surface area contributed by atoms with Crippen LogP contribution in [0.3, 0.4) is 0 Å². The number of carbonyl (C=O) groups excluding carboxylic acids is 2. The van der Waals surface area contributed by atoms with E-state index in [0.717, 1.165) is 42.2 Å². The summed E-state index contributed by atoms with van der Waals surface area (Å²) in [7, 11) is 3.59. The Morgan fingerprint density at radius 2 is 1.88 bits per heavy atom. The molecule has 2 amide bonds. The van der Waals surface area contributed by atoms with Crippen molar-refractivity contribution in [2.24, 2.45) is 5.92 Å². The second-order valence-electron chi connectivity index (χ2n) is 13.5. The zero-order valence-corrected chi connectivity index (χ0v) is 28.7. The average molecular weight is 688 g/mol. The quantitative estimate of drug-likeness (QED) is 0.279. The fraction of sp³-hybridized carbons (Fsp3) is 0.472. The molecule has 1 aromatic carbocycles. The predicted octanol–water partition coefficient (Wildman–Crippen LogP) is 4.16. The van der Waals surface area contributed by atoms with Gasteiger partial charge in [0.2, 0.25) is 5.91 Å². The number of anilines is 1. The number of ether oxygens (including phenoxy) is 1. The molecule has 3 aliphatic heterocycles. The Hall–Kier alpha value is -4.85. The standard InChI is InChI=1S/C36H43F2N9O3/c1-4-23-20-43(2)22-29(23)27-17-26(24-6-5-9-46(21-24)32(48)7-10-47-11-8-40-42-47)33(38)34-28(27)18-30(41-34)36(49)45-14-12-44(13-15-45)35-31(50-3)16-25(37)19-39-35/h6,8,11,16-19,23,29,41H,4-5,7,9-10,12-15,20-22H2,1-3H3/t23?,29-/m1/s1. The van der Waals surface area contributed by atoms with Crippen molar-refractivity contribution in [3.63, 3.8) is 0 Å². The number of fused-ring (bicyclic) bond motifs is 1. The number of benzene rings is 1. The van der Waals surface area contributed by atoms with Gasteiger partial charge in [0, 0.05) is 87.9 Å². The first-order chi connectivity index (χ1) is 24.2. The molecule has 4 aromatic rings. The SMILES string of the molecule is CCC1CN(C)C[C@H]1c1cc(C2=CCCN(C(=O)CCn3ccnn3)C2)c(F)c2[nH]c(C(=O)N3CCN(c4ncc(F)cc4OC)CC3)cc12. The molecule has 0 saturated carbocycles. The minimum Gasteiger partial charge on any atom is -0.493 e. The number of piperazine rings is 1. The van der Waals surface area contributed by atoms with Gasteiger partial charge in [-0.2, -0.15) is 0 Å². The lowest BCUT2D eigenvalue weighted by atomic mass is 9.83. The Kier molecular flexibility index (Phi) is 9.54. The van der Waals surface area contributed by atoms with E-state index in [-0.39, 0.29) is 24.2 Å². The molecule has 0 aliphatic carbocycles. The molecule has 1 unspecified atom stereocenters. The summed E-state index contributed by atoms with van der Waals surface area (Å²) in [6, 6.07) is 5.09. The predicted molar refractivity (Wildman–Crippen MR) is 185 cm³/mol. The highest BCUT2D eigenvalue weighted by molar-refractivity contribution is 6.00. The third-order valence-corrected chi connectivity index (χ3v) is 10.4. The van der Waals surface area contributed by atoms with Crippen molar-refractivity contribution in [2.75, 3.05) is 71.4 Å². The molecule has 3 aliphatic rings. The van der Waals surface area contributed by atoms with Gasteiger partial charge >= 0.3 is 0 Å². The van der Waals surface area contributed by atoms with E-state index in [9.17, 15) is 14.0 Å². The van der Waals surface area contributed by atoms with Crippen molar-refractivity contribution in [3.05, 3.63) is 71.3 Å². The van der Waals surface area contributed by atoms with Crippen LogP contribution in [0.25, 0.3) is 16.5 Å². The molecule has 50 heavy (non-hydrogen) atoms. The number of nitrogens with zero attached hydrogens (tertiary/aromatic N) is 8. The number of carbonyl (C=O) groups is 2. The summed E-state index contributed by atoms with van der Waals surface area (Å²) in [5, 5.41) is 8.48. The molecule has 2 atom stereocenters. The van der Waals surface area contributed by atoms with E-state index in [1.54, 1.807) is 26.9 Å². The van der Waals surface area contributed by atoms with E-state index in [2.05, 4.69) is 39.2 Å². The van der Waals surface area contributed by atoms with Crippen LogP contribution in [0.2, 0.25) is 0 Å². The number of methoxy groups -OCH3 is 1. The molecule has 6 heterocycles. The number of hydrogen-bond acceptors (Lipinski definition) is 8. The highest BCUT2D eigenvalue weighted by Gasteiger charge is 2.35. The van der Waals surface area contributed by atoms with Gasteiger partial charge in [0.05, 0.1) is 31.6 Å². The summed E-state index contributed by atoms with van der Waals surface area (Å²) < 4.78 is 37.4. The summed E-state index contributed by atoms with van der Waals surface area (Å²) in [6.07, 6.45) is 8.38. The number of pyridine rings is 1. The van der Waals surface area contributed by atoms with Crippen LogP contribution in [-0.2, 0) is 11.3 Å². The summed E-state index contributed by atoms with van der Waals surface area (Å²) in [6.45, 7) is 7.07. The monoisotopic (exact) mass is 687 g/mol. The largest absolute Gasteiger partial charge is 0.493 e. The van der Waals surface area contributed by atoms with Gasteiger partial charge in [0.1, 0.15) is 11.5 Å². The Morgan fingerprint density at radius 1 is 1.06 bits per heavy atom. The molecule has 7 rings (SSSR count). The Bertz CT molecular complexity index is 1900. The van der Waals surface area contributed by atoms with Gasteiger partial charge in [-0.1, -0.05) is 24.6 Å². The number of aromatic amines is 1. The molecule has 0 radical (unpaired) electrons. The van der Waals surface area contributed by atoms with E-state index < -0.39 is 11.6 Å². The fourth-order valence-corrected chi connectivity index (χ4v) is 7.76. The van der Waals surface area contributed by atoms with Crippen LogP contribution in [0.15, 0.2) is 42.9 Å². The van der Waals surface area contributed by atoms with Crippen molar-refractivity contribution >= 4 is 34.1 Å². The Labute approximate surface area is 289 Å². The first-order valence-corrected chi connectivity index (χ1v) is 17.3. The molecular weight excluding hydrogens is 644 g/mol. The van der Waals surface area contributed by atoms with Gasteiger partial charge < -0.3 is 29.3 Å². The number of halogens is 2. The Morgan fingerprint density at radius 3 is 2.62 bits per heavy atom. The van der Waals surface area contributed by atoms with Crippen LogP contribution in [0, 0.1) is 17.6 Å². The molecule has 12 nitrogen and oxygen atoms in total. The van der Waals surface area contributed by atoms with Gasteiger partial charge in [-0.25, -0.2) is 13.8 Å². The first-order valence-electron chi connectivity index (χ1n) is 17.3. The molecular formula is C36H43F2N9O3. The topological polar surface area (TPSA) is 116 Å². The summed E-state index contributed by atoms with van der Waals surface area (Å²) in [4.78, 5) is 42.4. The zero-order chi connectivity index (χ0) is 34.9. The molecule has 0 spiro atoms. The van der Waals surface area contributed by atoms with Crippen LogP contribution in [0.4, 0.5) is 14.6 Å². The molecule has 264 valence electrons. The smallest absolute Gasteiger partial charge is 0.270 e. The number of hydrogen-bond donors (Lipinski definition) is 1. The number of aryl methyl sites for hydroxylation is 1.